The monoisotopic (exact) mass is 466 g/mol. The molecule has 1 heterocycles. The van der Waals surface area contributed by atoms with Gasteiger partial charge < -0.3 is 20.9 Å². The van der Waals surface area contributed by atoms with Gasteiger partial charge in [0.1, 0.15) is 17.2 Å². The lowest BCUT2D eigenvalue weighted by atomic mass is 9.86. The number of benzene rings is 3. The van der Waals surface area contributed by atoms with Crippen molar-refractivity contribution >= 4 is 28.3 Å². The Morgan fingerprint density at radius 1 is 1.00 bits per heavy atom. The van der Waals surface area contributed by atoms with Gasteiger partial charge in [-0.2, -0.15) is 0 Å². The van der Waals surface area contributed by atoms with Gasteiger partial charge in [0.15, 0.2) is 0 Å². The van der Waals surface area contributed by atoms with Gasteiger partial charge in [-0.25, -0.2) is 8.78 Å². The number of anilines is 1. The Kier molecular flexibility index (Phi) is 6.79. The SMILES string of the molecule is CN(C)c1ccc(C(=O)NC2(C(=O)NCc3ccc(F)cc3F)CCNCC2)c2ccccc12. The molecule has 8 heteroatoms. The molecule has 0 aliphatic carbocycles. The second-order valence-corrected chi connectivity index (χ2v) is 8.78. The first-order valence-electron chi connectivity index (χ1n) is 11.3. The van der Waals surface area contributed by atoms with Crippen LogP contribution in [-0.2, 0) is 11.3 Å². The van der Waals surface area contributed by atoms with Gasteiger partial charge in [-0.15, -0.1) is 0 Å². The Labute approximate surface area is 197 Å². The molecule has 0 aromatic heterocycles. The van der Waals surface area contributed by atoms with Crippen LogP contribution in [0, 0.1) is 11.6 Å². The minimum atomic E-state index is -1.14. The molecule has 6 nitrogen and oxygen atoms in total. The fourth-order valence-corrected chi connectivity index (χ4v) is 4.43. The summed E-state index contributed by atoms with van der Waals surface area (Å²) in [5, 5.41) is 10.7. The van der Waals surface area contributed by atoms with Crippen molar-refractivity contribution < 1.29 is 18.4 Å². The van der Waals surface area contributed by atoms with E-state index in [0.29, 0.717) is 31.5 Å². The molecule has 1 aliphatic heterocycles. The fourth-order valence-electron chi connectivity index (χ4n) is 4.43. The van der Waals surface area contributed by atoms with E-state index in [4.69, 9.17) is 0 Å². The van der Waals surface area contributed by atoms with Crippen molar-refractivity contribution in [2.75, 3.05) is 32.1 Å². The molecular weight excluding hydrogens is 438 g/mol. The van der Waals surface area contributed by atoms with Gasteiger partial charge in [0.05, 0.1) is 0 Å². The lowest BCUT2D eigenvalue weighted by Crippen LogP contribution is -2.62. The molecule has 1 saturated heterocycles. The van der Waals surface area contributed by atoms with E-state index >= 15 is 0 Å². The first-order valence-corrected chi connectivity index (χ1v) is 11.3. The van der Waals surface area contributed by atoms with E-state index in [0.717, 1.165) is 28.6 Å². The highest BCUT2D eigenvalue weighted by Gasteiger charge is 2.41. The average Bonchev–Trinajstić information content (AvgIpc) is 2.83. The second kappa shape index (κ2) is 9.77. The molecule has 34 heavy (non-hydrogen) atoms. The largest absolute Gasteiger partial charge is 0.377 e. The third kappa shape index (κ3) is 4.72. The first-order chi connectivity index (χ1) is 16.3. The van der Waals surface area contributed by atoms with Crippen LogP contribution < -0.4 is 20.9 Å². The Morgan fingerprint density at radius 3 is 2.38 bits per heavy atom. The highest BCUT2D eigenvalue weighted by atomic mass is 19.1. The van der Waals surface area contributed by atoms with Gasteiger partial charge >= 0.3 is 0 Å². The van der Waals surface area contributed by atoms with Crippen molar-refractivity contribution in [3.63, 3.8) is 0 Å². The van der Waals surface area contributed by atoms with Crippen LogP contribution in [0.4, 0.5) is 14.5 Å². The zero-order chi connectivity index (χ0) is 24.3. The number of hydrogen-bond acceptors (Lipinski definition) is 4. The number of halogens is 2. The van der Waals surface area contributed by atoms with E-state index < -0.39 is 17.2 Å². The van der Waals surface area contributed by atoms with Crippen molar-refractivity contribution in [2.24, 2.45) is 0 Å². The maximum Gasteiger partial charge on any atom is 0.252 e. The summed E-state index contributed by atoms with van der Waals surface area (Å²) < 4.78 is 27.2. The Balaban J connectivity index is 1.59. The van der Waals surface area contributed by atoms with E-state index in [2.05, 4.69) is 16.0 Å². The molecule has 0 atom stereocenters. The second-order valence-electron chi connectivity index (χ2n) is 8.78. The molecule has 3 aromatic carbocycles. The Hall–Kier alpha value is -3.52. The van der Waals surface area contributed by atoms with Crippen LogP contribution in [-0.4, -0.2) is 44.5 Å². The van der Waals surface area contributed by atoms with Crippen molar-refractivity contribution in [3.05, 3.63) is 77.4 Å². The first kappa shape index (κ1) is 23.6. The lowest BCUT2D eigenvalue weighted by Gasteiger charge is -2.37. The highest BCUT2D eigenvalue weighted by Crippen LogP contribution is 2.29. The van der Waals surface area contributed by atoms with Crippen LogP contribution in [0.15, 0.2) is 54.6 Å². The minimum absolute atomic E-state index is 0.101. The molecular formula is C26H28F2N4O2. The van der Waals surface area contributed by atoms with Gasteiger partial charge in [-0.1, -0.05) is 30.3 Å². The summed E-state index contributed by atoms with van der Waals surface area (Å²) in [4.78, 5) is 28.7. The number of rotatable bonds is 6. The van der Waals surface area contributed by atoms with Crippen molar-refractivity contribution in [3.8, 4) is 0 Å². The molecule has 0 unspecified atom stereocenters. The maximum atomic E-state index is 14.0. The Bertz CT molecular complexity index is 1220. The molecule has 4 rings (SSSR count). The fraction of sp³-hybridized carbons (Fsp3) is 0.308. The lowest BCUT2D eigenvalue weighted by molar-refractivity contribution is -0.128. The summed E-state index contributed by atoms with van der Waals surface area (Å²) >= 11 is 0. The number of hydrogen-bond donors (Lipinski definition) is 3. The van der Waals surface area contributed by atoms with E-state index in [1.165, 1.54) is 6.07 Å². The van der Waals surface area contributed by atoms with Crippen LogP contribution in [0.3, 0.4) is 0 Å². The highest BCUT2D eigenvalue weighted by molar-refractivity contribution is 6.11. The van der Waals surface area contributed by atoms with Crippen molar-refractivity contribution in [2.45, 2.75) is 24.9 Å². The van der Waals surface area contributed by atoms with Gasteiger partial charge in [0.2, 0.25) is 5.91 Å². The number of carbonyl (C=O) groups is 2. The topological polar surface area (TPSA) is 73.5 Å². The third-order valence-electron chi connectivity index (χ3n) is 6.33. The van der Waals surface area contributed by atoms with Crippen molar-refractivity contribution in [1.29, 1.82) is 0 Å². The number of piperidine rings is 1. The molecule has 0 spiro atoms. The molecule has 0 radical (unpaired) electrons. The quantitative estimate of drug-likeness (QED) is 0.521. The molecule has 1 fully saturated rings. The smallest absolute Gasteiger partial charge is 0.252 e. The van der Waals surface area contributed by atoms with E-state index in [-0.39, 0.29) is 23.9 Å². The summed E-state index contributed by atoms with van der Waals surface area (Å²) in [6, 6.07) is 14.6. The van der Waals surface area contributed by atoms with Gasteiger partial charge in [0.25, 0.3) is 5.91 Å². The van der Waals surface area contributed by atoms with Gasteiger partial charge in [-0.3, -0.25) is 9.59 Å². The van der Waals surface area contributed by atoms with Crippen LogP contribution in [0.5, 0.6) is 0 Å². The van der Waals surface area contributed by atoms with Crippen LogP contribution in [0.2, 0.25) is 0 Å². The van der Waals surface area contributed by atoms with Crippen molar-refractivity contribution in [1.82, 2.24) is 16.0 Å². The van der Waals surface area contributed by atoms with E-state index in [1.807, 2.05) is 49.3 Å². The van der Waals surface area contributed by atoms with E-state index in [9.17, 15) is 18.4 Å². The summed E-state index contributed by atoms with van der Waals surface area (Å²) in [5.41, 5.74) is 0.509. The Morgan fingerprint density at radius 2 is 1.71 bits per heavy atom. The summed E-state index contributed by atoms with van der Waals surface area (Å²) in [7, 11) is 3.89. The number of carbonyl (C=O) groups excluding carboxylic acids is 2. The number of fused-ring (bicyclic) bond motifs is 1. The standard InChI is InChI=1S/C26H28F2N4O2/c1-32(2)23-10-9-21(19-5-3-4-6-20(19)23)24(33)31-26(11-13-29-14-12-26)25(34)30-16-17-7-8-18(27)15-22(17)28/h3-10,15,29H,11-14,16H2,1-2H3,(H,30,34)(H,31,33). The van der Waals surface area contributed by atoms with E-state index in [1.54, 1.807) is 6.07 Å². The maximum absolute atomic E-state index is 14.0. The molecule has 3 N–H and O–H groups in total. The third-order valence-corrected chi connectivity index (χ3v) is 6.33. The molecule has 0 saturated carbocycles. The summed E-state index contributed by atoms with van der Waals surface area (Å²) in [6.45, 7) is 1.01. The molecule has 178 valence electrons. The normalized spacial score (nSPS) is 15.1. The predicted octanol–water partition coefficient (Wildman–Crippen LogP) is 3.35. The molecule has 1 aliphatic rings. The van der Waals surface area contributed by atoms with Crippen LogP contribution in [0.1, 0.15) is 28.8 Å². The van der Waals surface area contributed by atoms with Crippen LogP contribution in [0.25, 0.3) is 10.8 Å². The summed E-state index contributed by atoms with van der Waals surface area (Å²) in [5.74, 6) is -2.13. The number of nitrogens with one attached hydrogen (secondary N) is 3. The predicted molar refractivity (Wildman–Crippen MR) is 129 cm³/mol. The molecule has 0 bridgehead atoms. The van der Waals surface area contributed by atoms with Gasteiger partial charge in [-0.05, 0) is 49.5 Å². The number of nitrogens with zero attached hydrogens (tertiary/aromatic N) is 1. The molecule has 3 aromatic rings. The zero-order valence-electron chi connectivity index (χ0n) is 19.3. The zero-order valence-corrected chi connectivity index (χ0v) is 19.3. The minimum Gasteiger partial charge on any atom is -0.377 e. The molecule has 2 amide bonds. The average molecular weight is 467 g/mol. The van der Waals surface area contributed by atoms with Gasteiger partial charge in [0, 0.05) is 48.9 Å². The summed E-state index contributed by atoms with van der Waals surface area (Å²) in [6.07, 6.45) is 0.786. The van der Waals surface area contributed by atoms with Crippen LogP contribution >= 0.6 is 0 Å². The number of amides is 2.